The predicted molar refractivity (Wildman–Crippen MR) is 50.1 cm³/mol. The normalized spacial score (nSPS) is 21.4. The van der Waals surface area contributed by atoms with Crippen LogP contribution < -0.4 is 10.6 Å². The van der Waals surface area contributed by atoms with Gasteiger partial charge in [0.1, 0.15) is 11.8 Å². The van der Waals surface area contributed by atoms with Crippen LogP contribution in [0.5, 0.6) is 0 Å². The Kier molecular flexibility index (Phi) is 2.02. The fourth-order valence-electron chi connectivity index (χ4n) is 1.23. The first-order valence-electron chi connectivity index (χ1n) is 3.89. The van der Waals surface area contributed by atoms with Gasteiger partial charge in [0, 0.05) is 6.42 Å². The number of carbonyl (C=O) groups excluding carboxylic acids is 1. The molecule has 0 spiro atoms. The molecule has 13 heavy (non-hydrogen) atoms. The summed E-state index contributed by atoms with van der Waals surface area (Å²) in [6, 6.07) is 3.33. The molecule has 1 unspecified atom stereocenters. The van der Waals surface area contributed by atoms with E-state index in [1.54, 1.807) is 12.3 Å². The van der Waals surface area contributed by atoms with Gasteiger partial charge in [-0.1, -0.05) is 0 Å². The van der Waals surface area contributed by atoms with E-state index in [1.807, 2.05) is 6.07 Å². The molecule has 5 heteroatoms. The summed E-state index contributed by atoms with van der Waals surface area (Å²) in [4.78, 5) is 11.2. The second-order valence-corrected chi connectivity index (χ2v) is 3.21. The van der Waals surface area contributed by atoms with Crippen LogP contribution in [0.15, 0.2) is 22.8 Å². The molecular formula is C8H8N2O2S. The summed E-state index contributed by atoms with van der Waals surface area (Å²) in [5, 5.41) is 5.76. The van der Waals surface area contributed by atoms with Gasteiger partial charge in [0.05, 0.1) is 6.26 Å². The number of carbonyl (C=O) groups is 1. The second-order valence-electron chi connectivity index (χ2n) is 2.80. The number of hydrogen-bond acceptors (Lipinski definition) is 3. The first-order chi connectivity index (χ1) is 6.25. The van der Waals surface area contributed by atoms with Crippen LogP contribution in [0.2, 0.25) is 0 Å². The van der Waals surface area contributed by atoms with E-state index in [0.29, 0.717) is 11.5 Å². The minimum Gasteiger partial charge on any atom is -0.469 e. The van der Waals surface area contributed by atoms with Crippen LogP contribution in [0.4, 0.5) is 0 Å². The average Bonchev–Trinajstić information content (AvgIpc) is 2.63. The molecule has 2 rings (SSSR count). The average molecular weight is 196 g/mol. The minimum absolute atomic E-state index is 0.0959. The van der Waals surface area contributed by atoms with Crippen molar-refractivity contribution < 1.29 is 9.21 Å². The second kappa shape index (κ2) is 3.18. The Labute approximate surface area is 80.3 Å². The lowest BCUT2D eigenvalue weighted by atomic mass is 10.2. The van der Waals surface area contributed by atoms with Crippen molar-refractivity contribution in [2.45, 2.75) is 12.5 Å². The summed E-state index contributed by atoms with van der Waals surface area (Å²) in [6.07, 6.45) is 2.11. The van der Waals surface area contributed by atoms with Gasteiger partial charge < -0.3 is 15.1 Å². The lowest BCUT2D eigenvalue weighted by Gasteiger charge is -2.03. The third-order valence-electron chi connectivity index (χ3n) is 1.84. The van der Waals surface area contributed by atoms with Gasteiger partial charge in [0.2, 0.25) is 5.91 Å². The Morgan fingerprint density at radius 2 is 2.46 bits per heavy atom. The van der Waals surface area contributed by atoms with Crippen molar-refractivity contribution >= 4 is 23.2 Å². The van der Waals surface area contributed by atoms with Gasteiger partial charge in [-0.15, -0.1) is 0 Å². The Balaban J connectivity index is 2.03. The summed E-state index contributed by atoms with van der Waals surface area (Å²) >= 11 is 4.80. The maximum Gasteiger partial charge on any atom is 0.249 e. The smallest absolute Gasteiger partial charge is 0.249 e. The molecule has 1 saturated heterocycles. The fraction of sp³-hybridized carbons (Fsp3) is 0.250. The monoisotopic (exact) mass is 196 g/mol. The molecule has 0 radical (unpaired) electrons. The van der Waals surface area contributed by atoms with E-state index in [2.05, 4.69) is 10.6 Å². The van der Waals surface area contributed by atoms with Gasteiger partial charge in [0.15, 0.2) is 5.11 Å². The molecule has 1 fully saturated rings. The Hall–Kier alpha value is -1.36. The van der Waals surface area contributed by atoms with Crippen molar-refractivity contribution in [2.24, 2.45) is 0 Å². The molecule has 0 aliphatic carbocycles. The van der Waals surface area contributed by atoms with Crippen molar-refractivity contribution in [2.75, 3.05) is 0 Å². The van der Waals surface area contributed by atoms with Crippen molar-refractivity contribution in [1.29, 1.82) is 0 Å². The maximum absolute atomic E-state index is 11.2. The predicted octanol–water partition coefficient (Wildman–Crippen LogP) is 0.195. The summed E-state index contributed by atoms with van der Waals surface area (Å²) in [5.41, 5.74) is 0. The van der Waals surface area contributed by atoms with Crippen molar-refractivity contribution in [3.8, 4) is 0 Å². The summed E-state index contributed by atoms with van der Waals surface area (Å²) < 4.78 is 5.12. The van der Waals surface area contributed by atoms with Gasteiger partial charge in [-0.2, -0.15) is 0 Å². The SMILES string of the molecule is O=C1NC(=S)NC1Cc1ccco1. The van der Waals surface area contributed by atoms with Crippen molar-refractivity contribution in [3.63, 3.8) is 0 Å². The Morgan fingerprint density at radius 3 is 3.00 bits per heavy atom. The number of nitrogens with one attached hydrogen (secondary N) is 2. The molecule has 0 aromatic carbocycles. The molecule has 2 N–H and O–H groups in total. The number of thiocarbonyl (C=S) groups is 1. The first-order valence-corrected chi connectivity index (χ1v) is 4.30. The number of hydrogen-bond donors (Lipinski definition) is 2. The lowest BCUT2D eigenvalue weighted by molar-refractivity contribution is -0.120. The highest BCUT2D eigenvalue weighted by Crippen LogP contribution is 2.06. The highest BCUT2D eigenvalue weighted by atomic mass is 32.1. The highest BCUT2D eigenvalue weighted by Gasteiger charge is 2.27. The Morgan fingerprint density at radius 1 is 1.62 bits per heavy atom. The van der Waals surface area contributed by atoms with Crippen LogP contribution in [0.1, 0.15) is 5.76 Å². The highest BCUT2D eigenvalue weighted by molar-refractivity contribution is 7.80. The zero-order valence-corrected chi connectivity index (χ0v) is 7.56. The minimum atomic E-state index is -0.293. The largest absolute Gasteiger partial charge is 0.469 e. The van der Waals surface area contributed by atoms with Crippen LogP contribution in [0.25, 0.3) is 0 Å². The molecule has 1 aromatic rings. The van der Waals surface area contributed by atoms with Crippen LogP contribution in [-0.2, 0) is 11.2 Å². The zero-order valence-electron chi connectivity index (χ0n) is 6.74. The third-order valence-corrected chi connectivity index (χ3v) is 2.06. The van der Waals surface area contributed by atoms with Gasteiger partial charge in [-0.05, 0) is 24.4 Å². The van der Waals surface area contributed by atoms with E-state index in [-0.39, 0.29) is 11.9 Å². The van der Waals surface area contributed by atoms with Crippen LogP contribution >= 0.6 is 12.2 Å². The number of rotatable bonds is 2. The molecule has 0 saturated carbocycles. The standard InChI is InChI=1S/C8H8N2O2S/c11-7-6(9-8(13)10-7)4-5-2-1-3-12-5/h1-3,6H,4H2,(H2,9,10,11,13). The molecule has 1 atom stereocenters. The van der Waals surface area contributed by atoms with Crippen LogP contribution in [0, 0.1) is 0 Å². The number of furan rings is 1. The van der Waals surface area contributed by atoms with E-state index in [1.165, 1.54) is 0 Å². The van der Waals surface area contributed by atoms with E-state index in [9.17, 15) is 4.79 Å². The van der Waals surface area contributed by atoms with E-state index < -0.39 is 0 Å². The van der Waals surface area contributed by atoms with Crippen molar-refractivity contribution in [1.82, 2.24) is 10.6 Å². The molecule has 1 aliphatic heterocycles. The molecule has 1 amide bonds. The van der Waals surface area contributed by atoms with E-state index in [4.69, 9.17) is 16.6 Å². The van der Waals surface area contributed by atoms with Gasteiger partial charge in [0.25, 0.3) is 0 Å². The summed E-state index contributed by atoms with van der Waals surface area (Å²) in [7, 11) is 0. The van der Waals surface area contributed by atoms with Gasteiger partial charge in [-0.25, -0.2) is 0 Å². The van der Waals surface area contributed by atoms with E-state index in [0.717, 1.165) is 5.76 Å². The van der Waals surface area contributed by atoms with Crippen LogP contribution in [-0.4, -0.2) is 17.1 Å². The third kappa shape index (κ3) is 1.70. The lowest BCUT2D eigenvalue weighted by Crippen LogP contribution is -2.30. The van der Waals surface area contributed by atoms with Gasteiger partial charge in [-0.3, -0.25) is 4.79 Å². The van der Waals surface area contributed by atoms with Gasteiger partial charge >= 0.3 is 0 Å². The fourth-order valence-corrected chi connectivity index (χ4v) is 1.48. The quantitative estimate of drug-likeness (QED) is 0.663. The molecule has 0 bridgehead atoms. The van der Waals surface area contributed by atoms with E-state index >= 15 is 0 Å². The van der Waals surface area contributed by atoms with Crippen molar-refractivity contribution in [3.05, 3.63) is 24.2 Å². The molecule has 68 valence electrons. The maximum atomic E-state index is 11.2. The summed E-state index contributed by atoms with van der Waals surface area (Å²) in [5.74, 6) is 0.679. The molecule has 1 aliphatic rings. The summed E-state index contributed by atoms with van der Waals surface area (Å²) in [6.45, 7) is 0. The zero-order chi connectivity index (χ0) is 9.26. The molecule has 4 nitrogen and oxygen atoms in total. The Bertz CT molecular complexity index is 334. The molecular weight excluding hydrogens is 188 g/mol. The van der Waals surface area contributed by atoms with Crippen LogP contribution in [0.3, 0.4) is 0 Å². The molecule has 1 aromatic heterocycles. The first kappa shape index (κ1) is 8.25. The number of amides is 1. The topological polar surface area (TPSA) is 54.3 Å². The molecule has 2 heterocycles.